The lowest BCUT2D eigenvalue weighted by atomic mass is 10.3. The van der Waals surface area contributed by atoms with Gasteiger partial charge in [0, 0.05) is 5.02 Å². The van der Waals surface area contributed by atoms with Crippen molar-refractivity contribution in [3.8, 4) is 17.2 Å². The van der Waals surface area contributed by atoms with Crippen LogP contribution in [0.5, 0.6) is 17.2 Å². The molecule has 0 amide bonds. The highest BCUT2D eigenvalue weighted by atomic mass is 35.5. The first-order chi connectivity index (χ1) is 11.2. The van der Waals surface area contributed by atoms with E-state index in [-0.39, 0.29) is 6.23 Å². The lowest BCUT2D eigenvalue weighted by Crippen LogP contribution is -2.38. The second-order valence-electron chi connectivity index (χ2n) is 5.20. The lowest BCUT2D eigenvalue weighted by molar-refractivity contribution is 0.0282. The van der Waals surface area contributed by atoms with Crippen molar-refractivity contribution in [2.24, 2.45) is 0 Å². The van der Waals surface area contributed by atoms with E-state index in [2.05, 4.69) is 25.7 Å². The summed E-state index contributed by atoms with van der Waals surface area (Å²) in [5.41, 5.74) is 0. The summed E-state index contributed by atoms with van der Waals surface area (Å²) in [6, 6.07) is 15.1. The van der Waals surface area contributed by atoms with Crippen molar-refractivity contribution in [2.45, 2.75) is 33.4 Å². The van der Waals surface area contributed by atoms with Crippen molar-refractivity contribution in [3.05, 3.63) is 53.6 Å². The number of hydrogen-bond acceptors (Lipinski definition) is 3. The average Bonchev–Trinajstić information content (AvgIpc) is 2.58. The number of ether oxygens (including phenoxy) is 2. The Balaban J connectivity index is 2.17. The van der Waals surface area contributed by atoms with Gasteiger partial charge in [0.25, 0.3) is 0 Å². The molecule has 0 radical (unpaired) electrons. The van der Waals surface area contributed by atoms with Crippen LogP contribution in [-0.2, 0) is 0 Å². The molecule has 0 N–H and O–H groups in total. The molecule has 0 fully saturated rings. The first-order valence-corrected chi connectivity index (χ1v) is 8.48. The Kier molecular flexibility index (Phi) is 6.75. The minimum absolute atomic E-state index is 0.0416. The Morgan fingerprint density at radius 3 is 2.09 bits per heavy atom. The number of hydrogen-bond donors (Lipinski definition) is 0. The van der Waals surface area contributed by atoms with Gasteiger partial charge in [-0.15, -0.1) is 0 Å². The minimum atomic E-state index is 0.0416. The van der Waals surface area contributed by atoms with Crippen LogP contribution in [0.4, 0.5) is 0 Å². The van der Waals surface area contributed by atoms with E-state index in [9.17, 15) is 0 Å². The lowest BCUT2D eigenvalue weighted by Gasteiger charge is -2.29. The van der Waals surface area contributed by atoms with Gasteiger partial charge >= 0.3 is 0 Å². The number of halogens is 1. The van der Waals surface area contributed by atoms with Crippen LogP contribution in [0.2, 0.25) is 5.02 Å². The van der Waals surface area contributed by atoms with Gasteiger partial charge in [-0.05, 0) is 55.9 Å². The average molecular weight is 334 g/mol. The van der Waals surface area contributed by atoms with Gasteiger partial charge in [0.2, 0.25) is 0 Å². The summed E-state index contributed by atoms with van der Waals surface area (Å²) in [4.78, 5) is 2.29. The number of nitrogens with zero attached hydrogens (tertiary/aromatic N) is 1. The van der Waals surface area contributed by atoms with E-state index in [1.165, 1.54) is 0 Å². The second kappa shape index (κ2) is 8.80. The predicted molar refractivity (Wildman–Crippen MR) is 95.6 cm³/mol. The van der Waals surface area contributed by atoms with Crippen molar-refractivity contribution >= 4 is 11.6 Å². The monoisotopic (exact) mass is 333 g/mol. The Morgan fingerprint density at radius 2 is 1.52 bits per heavy atom. The Hall–Kier alpha value is -1.71. The van der Waals surface area contributed by atoms with E-state index in [0.717, 1.165) is 31.0 Å². The molecule has 1 atom stereocenters. The summed E-state index contributed by atoms with van der Waals surface area (Å²) >= 11 is 5.91. The minimum Gasteiger partial charge on any atom is -0.471 e. The highest BCUT2D eigenvalue weighted by Crippen LogP contribution is 2.33. The van der Waals surface area contributed by atoms with E-state index in [1.54, 1.807) is 0 Å². The molecule has 0 spiro atoms. The number of benzene rings is 2. The maximum Gasteiger partial charge on any atom is 0.169 e. The normalized spacial score (nSPS) is 12.2. The highest BCUT2D eigenvalue weighted by Gasteiger charge is 2.17. The third-order valence-electron chi connectivity index (χ3n) is 3.72. The zero-order valence-corrected chi connectivity index (χ0v) is 14.7. The van der Waals surface area contributed by atoms with Gasteiger partial charge in [0.1, 0.15) is 5.75 Å². The van der Waals surface area contributed by atoms with Crippen molar-refractivity contribution < 1.29 is 9.47 Å². The molecular weight excluding hydrogens is 310 g/mol. The SMILES string of the molecule is CCC(Oc1ccccc1Oc1ccc(Cl)cc1)N(CC)CC. The van der Waals surface area contributed by atoms with Crippen molar-refractivity contribution in [2.75, 3.05) is 13.1 Å². The number of rotatable bonds is 8. The summed E-state index contributed by atoms with van der Waals surface area (Å²) in [5.74, 6) is 2.20. The van der Waals surface area contributed by atoms with E-state index < -0.39 is 0 Å². The molecule has 0 aliphatic carbocycles. The summed E-state index contributed by atoms with van der Waals surface area (Å²) in [7, 11) is 0. The zero-order chi connectivity index (χ0) is 16.7. The third-order valence-corrected chi connectivity index (χ3v) is 3.97. The zero-order valence-electron chi connectivity index (χ0n) is 14.0. The van der Waals surface area contributed by atoms with Gasteiger partial charge in [-0.2, -0.15) is 0 Å². The molecule has 4 heteroatoms. The van der Waals surface area contributed by atoms with E-state index in [0.29, 0.717) is 10.8 Å². The van der Waals surface area contributed by atoms with Gasteiger partial charge in [-0.25, -0.2) is 0 Å². The van der Waals surface area contributed by atoms with E-state index >= 15 is 0 Å². The van der Waals surface area contributed by atoms with Gasteiger partial charge in [-0.3, -0.25) is 4.90 Å². The molecule has 2 aromatic carbocycles. The van der Waals surface area contributed by atoms with Crippen LogP contribution in [0, 0.1) is 0 Å². The molecule has 0 saturated heterocycles. The second-order valence-corrected chi connectivity index (χ2v) is 5.64. The Bertz CT molecular complexity index is 597. The quantitative estimate of drug-likeness (QED) is 0.588. The van der Waals surface area contributed by atoms with E-state index in [4.69, 9.17) is 21.1 Å². The molecule has 2 rings (SSSR count). The standard InChI is InChI=1S/C19H24ClNO2/c1-4-19(21(5-2)6-3)23-18-10-8-7-9-17(18)22-16-13-11-15(20)12-14-16/h7-14,19H,4-6H2,1-3H3. The fraction of sp³-hybridized carbons (Fsp3) is 0.368. The fourth-order valence-corrected chi connectivity index (χ4v) is 2.58. The summed E-state index contributed by atoms with van der Waals surface area (Å²) in [6.07, 6.45) is 0.955. The molecular formula is C19H24ClNO2. The maximum atomic E-state index is 6.21. The molecule has 0 bridgehead atoms. The summed E-state index contributed by atoms with van der Waals surface area (Å²) in [5, 5.41) is 0.689. The topological polar surface area (TPSA) is 21.7 Å². The van der Waals surface area contributed by atoms with Crippen LogP contribution in [0.15, 0.2) is 48.5 Å². The van der Waals surface area contributed by atoms with Crippen LogP contribution < -0.4 is 9.47 Å². The smallest absolute Gasteiger partial charge is 0.169 e. The van der Waals surface area contributed by atoms with Crippen LogP contribution in [0.25, 0.3) is 0 Å². The van der Waals surface area contributed by atoms with Crippen molar-refractivity contribution in [1.29, 1.82) is 0 Å². The Labute approximate surface area is 143 Å². The van der Waals surface area contributed by atoms with Crippen molar-refractivity contribution in [3.63, 3.8) is 0 Å². The molecule has 0 heterocycles. The van der Waals surface area contributed by atoms with Crippen LogP contribution in [0.1, 0.15) is 27.2 Å². The first kappa shape index (κ1) is 17.6. The molecule has 23 heavy (non-hydrogen) atoms. The fourth-order valence-electron chi connectivity index (χ4n) is 2.45. The predicted octanol–water partition coefficient (Wildman–Crippen LogP) is 5.59. The molecule has 1 unspecified atom stereocenters. The summed E-state index contributed by atoms with van der Waals surface area (Å²) < 4.78 is 12.2. The Morgan fingerprint density at radius 1 is 0.913 bits per heavy atom. The molecule has 0 aromatic heterocycles. The molecule has 0 aliphatic heterocycles. The van der Waals surface area contributed by atoms with Gasteiger partial charge < -0.3 is 9.47 Å². The molecule has 0 aliphatic rings. The van der Waals surface area contributed by atoms with Crippen LogP contribution in [-0.4, -0.2) is 24.2 Å². The van der Waals surface area contributed by atoms with Gasteiger partial charge in [0.15, 0.2) is 17.7 Å². The van der Waals surface area contributed by atoms with Crippen molar-refractivity contribution in [1.82, 2.24) is 4.90 Å². The first-order valence-electron chi connectivity index (χ1n) is 8.11. The largest absolute Gasteiger partial charge is 0.471 e. The maximum absolute atomic E-state index is 6.21. The molecule has 2 aromatic rings. The third kappa shape index (κ3) is 4.88. The molecule has 124 valence electrons. The molecule has 0 saturated carbocycles. The van der Waals surface area contributed by atoms with Gasteiger partial charge in [-0.1, -0.05) is 44.5 Å². The molecule has 3 nitrogen and oxygen atoms in total. The van der Waals surface area contributed by atoms with Crippen LogP contribution in [0.3, 0.4) is 0 Å². The van der Waals surface area contributed by atoms with E-state index in [1.807, 2.05) is 48.5 Å². The van der Waals surface area contributed by atoms with Crippen LogP contribution >= 0.6 is 11.6 Å². The van der Waals surface area contributed by atoms with Gasteiger partial charge in [0.05, 0.1) is 0 Å². The highest BCUT2D eigenvalue weighted by molar-refractivity contribution is 6.30. The summed E-state index contributed by atoms with van der Waals surface area (Å²) in [6.45, 7) is 8.33. The number of para-hydroxylation sites is 2.